The zero-order valence-electron chi connectivity index (χ0n) is 10.6. The van der Waals surface area contributed by atoms with E-state index in [1.165, 1.54) is 4.90 Å². The van der Waals surface area contributed by atoms with Crippen molar-refractivity contribution in [3.63, 3.8) is 0 Å². The van der Waals surface area contributed by atoms with Gasteiger partial charge in [-0.15, -0.1) is 0 Å². The summed E-state index contributed by atoms with van der Waals surface area (Å²) < 4.78 is 0. The maximum atomic E-state index is 11.8. The van der Waals surface area contributed by atoms with Gasteiger partial charge in [-0.3, -0.25) is 9.59 Å². The number of carbonyl (C=O) groups is 2. The molecule has 5 nitrogen and oxygen atoms in total. The van der Waals surface area contributed by atoms with E-state index in [1.807, 2.05) is 24.3 Å². The van der Waals surface area contributed by atoms with E-state index >= 15 is 0 Å². The van der Waals surface area contributed by atoms with Gasteiger partial charge in [-0.1, -0.05) is 12.1 Å². The van der Waals surface area contributed by atoms with Gasteiger partial charge in [0, 0.05) is 25.2 Å². The second-order valence-corrected chi connectivity index (χ2v) is 5.28. The Morgan fingerprint density at radius 2 is 2.11 bits per heavy atom. The topological polar surface area (TPSA) is 69.6 Å². The Morgan fingerprint density at radius 1 is 1.32 bits per heavy atom. The van der Waals surface area contributed by atoms with Crippen LogP contribution in [0.5, 0.6) is 0 Å². The van der Waals surface area contributed by atoms with E-state index in [4.69, 9.17) is 0 Å². The van der Waals surface area contributed by atoms with E-state index in [9.17, 15) is 14.7 Å². The fraction of sp³-hybridized carbons (Fsp3) is 0.429. The molecule has 0 unspecified atom stereocenters. The highest BCUT2D eigenvalue weighted by Crippen LogP contribution is 2.38. The predicted octanol–water partition coefficient (Wildman–Crippen LogP) is 0.217. The Balaban J connectivity index is 1.82. The van der Waals surface area contributed by atoms with Crippen molar-refractivity contribution in [1.29, 1.82) is 0 Å². The number of piperazine rings is 1. The smallest absolute Gasteiger partial charge is 0.316 e. The van der Waals surface area contributed by atoms with Crippen LogP contribution in [0.1, 0.15) is 18.4 Å². The molecular weight excluding hydrogens is 244 g/mol. The van der Waals surface area contributed by atoms with Crippen LogP contribution >= 0.6 is 0 Å². The number of nitrogens with one attached hydrogen (secondary N) is 1. The summed E-state index contributed by atoms with van der Waals surface area (Å²) in [6.07, 6.45) is 2.28. The molecule has 0 bridgehead atoms. The molecule has 5 heteroatoms. The van der Waals surface area contributed by atoms with Crippen molar-refractivity contribution in [2.24, 2.45) is 0 Å². The van der Waals surface area contributed by atoms with Gasteiger partial charge in [0.25, 0.3) is 0 Å². The third kappa shape index (κ3) is 2.46. The molecule has 100 valence electrons. The van der Waals surface area contributed by atoms with Crippen LogP contribution in [0.3, 0.4) is 0 Å². The Labute approximate surface area is 111 Å². The molecular formula is C14H16N2O3. The molecule has 1 saturated carbocycles. The van der Waals surface area contributed by atoms with E-state index in [0.29, 0.717) is 19.5 Å². The third-order valence-corrected chi connectivity index (χ3v) is 3.64. The molecule has 19 heavy (non-hydrogen) atoms. The van der Waals surface area contributed by atoms with Crippen molar-refractivity contribution in [2.75, 3.05) is 18.0 Å². The van der Waals surface area contributed by atoms with Crippen LogP contribution in [0.2, 0.25) is 0 Å². The van der Waals surface area contributed by atoms with Gasteiger partial charge in [0.05, 0.1) is 5.60 Å². The number of nitrogens with zero attached hydrogens (tertiary/aromatic N) is 1. The average Bonchev–Trinajstić information content (AvgIpc) is 3.10. The Kier molecular flexibility index (Phi) is 2.78. The first-order valence-electron chi connectivity index (χ1n) is 6.48. The lowest BCUT2D eigenvalue weighted by molar-refractivity contribution is -0.138. The number of carbonyl (C=O) groups excluding carboxylic acids is 2. The quantitative estimate of drug-likeness (QED) is 0.764. The third-order valence-electron chi connectivity index (χ3n) is 3.64. The maximum absolute atomic E-state index is 11.8. The van der Waals surface area contributed by atoms with Crippen LogP contribution in [-0.4, -0.2) is 35.6 Å². The molecule has 3 rings (SSSR count). The minimum atomic E-state index is -0.558. The first-order chi connectivity index (χ1) is 9.07. The summed E-state index contributed by atoms with van der Waals surface area (Å²) >= 11 is 0. The highest BCUT2D eigenvalue weighted by molar-refractivity contribution is 6.41. The Bertz CT molecular complexity index is 537. The molecule has 0 spiro atoms. The van der Waals surface area contributed by atoms with E-state index in [1.54, 1.807) is 0 Å². The molecule has 2 aliphatic rings. The molecule has 0 atom stereocenters. The van der Waals surface area contributed by atoms with Crippen molar-refractivity contribution in [3.05, 3.63) is 29.8 Å². The van der Waals surface area contributed by atoms with Gasteiger partial charge in [0.1, 0.15) is 0 Å². The monoisotopic (exact) mass is 260 g/mol. The number of benzene rings is 1. The standard InChI is InChI=1S/C14H16N2O3/c17-12-13(18)16(7-6-15-12)11-3-1-2-10(8-11)9-14(19)4-5-14/h1-3,8,19H,4-7,9H2,(H,15,17). The Hall–Kier alpha value is -1.88. The summed E-state index contributed by atoms with van der Waals surface area (Å²) in [5, 5.41) is 12.5. The molecule has 2 N–H and O–H groups in total. The van der Waals surface area contributed by atoms with E-state index < -0.39 is 17.4 Å². The summed E-state index contributed by atoms with van der Waals surface area (Å²) in [6.45, 7) is 0.955. The van der Waals surface area contributed by atoms with Crippen LogP contribution in [0.15, 0.2) is 24.3 Å². The molecule has 1 aromatic rings. The van der Waals surface area contributed by atoms with Crippen molar-refractivity contribution in [2.45, 2.75) is 24.9 Å². The summed E-state index contributed by atoms with van der Waals surface area (Å²) in [5.74, 6) is -1.08. The average molecular weight is 260 g/mol. The van der Waals surface area contributed by atoms with Crippen molar-refractivity contribution >= 4 is 17.5 Å². The van der Waals surface area contributed by atoms with Crippen LogP contribution in [0, 0.1) is 0 Å². The molecule has 0 aromatic heterocycles. The van der Waals surface area contributed by atoms with Crippen LogP contribution in [0.25, 0.3) is 0 Å². The minimum absolute atomic E-state index is 0.471. The van der Waals surface area contributed by atoms with Gasteiger partial charge in [0.15, 0.2) is 0 Å². The first-order valence-corrected chi connectivity index (χ1v) is 6.48. The van der Waals surface area contributed by atoms with Crippen molar-refractivity contribution in [1.82, 2.24) is 5.32 Å². The summed E-state index contributed by atoms with van der Waals surface area (Å²) in [6, 6.07) is 7.49. The lowest BCUT2D eigenvalue weighted by Gasteiger charge is -2.27. The largest absolute Gasteiger partial charge is 0.390 e. The summed E-state index contributed by atoms with van der Waals surface area (Å²) in [4.78, 5) is 24.6. The van der Waals surface area contributed by atoms with E-state index in [0.717, 1.165) is 24.1 Å². The normalized spacial score (nSPS) is 21.2. The van der Waals surface area contributed by atoms with E-state index in [-0.39, 0.29) is 0 Å². The van der Waals surface area contributed by atoms with Gasteiger partial charge in [-0.25, -0.2) is 0 Å². The molecule has 0 radical (unpaired) electrons. The molecule has 1 aliphatic carbocycles. The zero-order chi connectivity index (χ0) is 13.5. The zero-order valence-corrected chi connectivity index (χ0v) is 10.6. The summed E-state index contributed by atoms with van der Waals surface area (Å²) in [5.41, 5.74) is 1.17. The first kappa shape index (κ1) is 12.2. The molecule has 1 aromatic carbocycles. The molecule has 1 saturated heterocycles. The van der Waals surface area contributed by atoms with Gasteiger partial charge in [0.2, 0.25) is 0 Å². The highest BCUT2D eigenvalue weighted by Gasteiger charge is 2.40. The number of anilines is 1. The molecule has 1 heterocycles. The van der Waals surface area contributed by atoms with Crippen LogP contribution < -0.4 is 10.2 Å². The number of aliphatic hydroxyl groups is 1. The minimum Gasteiger partial charge on any atom is -0.390 e. The fourth-order valence-corrected chi connectivity index (χ4v) is 2.36. The lowest BCUT2D eigenvalue weighted by Crippen LogP contribution is -2.52. The van der Waals surface area contributed by atoms with Crippen molar-refractivity contribution < 1.29 is 14.7 Å². The summed E-state index contributed by atoms with van der Waals surface area (Å²) in [7, 11) is 0. The number of rotatable bonds is 3. The van der Waals surface area contributed by atoms with Gasteiger partial charge in [-0.05, 0) is 30.5 Å². The lowest BCUT2D eigenvalue weighted by atomic mass is 10.1. The SMILES string of the molecule is O=C1NCCN(c2cccc(CC3(O)CC3)c2)C1=O. The van der Waals surface area contributed by atoms with Crippen molar-refractivity contribution in [3.8, 4) is 0 Å². The molecule has 2 fully saturated rings. The van der Waals surface area contributed by atoms with Gasteiger partial charge in [-0.2, -0.15) is 0 Å². The molecule has 1 aliphatic heterocycles. The Morgan fingerprint density at radius 3 is 2.84 bits per heavy atom. The number of hydrogen-bond acceptors (Lipinski definition) is 3. The van der Waals surface area contributed by atoms with Gasteiger partial charge < -0.3 is 15.3 Å². The highest BCUT2D eigenvalue weighted by atomic mass is 16.3. The molecule has 2 amide bonds. The number of amides is 2. The number of hydrogen-bond donors (Lipinski definition) is 2. The van der Waals surface area contributed by atoms with Crippen LogP contribution in [0.4, 0.5) is 5.69 Å². The second kappa shape index (κ2) is 4.35. The predicted molar refractivity (Wildman–Crippen MR) is 69.7 cm³/mol. The fourth-order valence-electron chi connectivity index (χ4n) is 2.36. The maximum Gasteiger partial charge on any atom is 0.316 e. The second-order valence-electron chi connectivity index (χ2n) is 5.28. The van der Waals surface area contributed by atoms with E-state index in [2.05, 4.69) is 5.32 Å². The van der Waals surface area contributed by atoms with Crippen LogP contribution in [-0.2, 0) is 16.0 Å². The van der Waals surface area contributed by atoms with Gasteiger partial charge >= 0.3 is 11.8 Å².